The SMILES string of the molecule is CC(C)(c1cccc(-c2[c-]cc(-c3ccccc3)cc2)n1)c1cccc(-c2[c-]cc(-c3ccccc3)cc2)n1.CC(C)(c1cccc(-c2[c-]cc(F)nc2F)n1)c1cccc(-n2[c-]cc(C(F)(F)F)n2)n1.CC(C)(c1cccc(C(=O)O)n1)c1cccc(-c2[c-]cc(F)nc2F)n1.Fc1c[c-]c(-c2cccc(C(c3ccccc3)(c3ccccc3)c3cccc(-c4[c-]cc(F)nc4F)n3)n2)c(F)n1.[Pt+2].[Pt+2].[Pt+2].[Pt]. The third-order valence-electron chi connectivity index (χ3n) is 22.7. The summed E-state index contributed by atoms with van der Waals surface area (Å²) in [5.41, 5.74) is 11.0. The third-order valence-corrected chi connectivity index (χ3v) is 22.7. The zero-order valence-electron chi connectivity index (χ0n) is 75.3. The second-order valence-corrected chi connectivity index (χ2v) is 32.7. The van der Waals surface area contributed by atoms with Crippen LogP contribution in [0, 0.1) is 90.2 Å². The number of hydrogen-bond donors (Lipinski definition) is 1. The summed E-state index contributed by atoms with van der Waals surface area (Å²) in [6, 6.07) is 116. The predicted molar refractivity (Wildman–Crippen MR) is 497 cm³/mol. The van der Waals surface area contributed by atoms with Gasteiger partial charge < -0.3 is 29.7 Å². The molecule has 142 heavy (non-hydrogen) atoms. The molecule has 0 fully saturated rings. The molecule has 1 N–H and O–H groups in total. The van der Waals surface area contributed by atoms with E-state index in [1.807, 2.05) is 125 Å². The van der Waals surface area contributed by atoms with Crippen LogP contribution in [0.2, 0.25) is 0 Å². The van der Waals surface area contributed by atoms with Gasteiger partial charge in [0.1, 0.15) is 58.7 Å². The molecule has 718 valence electrons. The molecule has 0 aliphatic rings. The Hall–Kier alpha value is -14.2. The number of carboxylic acids is 1. The van der Waals surface area contributed by atoms with E-state index in [1.54, 1.807) is 91.0 Å². The zero-order chi connectivity index (χ0) is 97.0. The van der Waals surface area contributed by atoms with Crippen molar-refractivity contribution in [2.45, 2.75) is 69.4 Å². The first kappa shape index (κ1) is 107. The Labute approximate surface area is 867 Å². The van der Waals surface area contributed by atoms with Gasteiger partial charge in [-0.15, -0.1) is 90.0 Å². The van der Waals surface area contributed by atoms with Gasteiger partial charge in [0.05, 0.1) is 28.6 Å². The van der Waals surface area contributed by atoms with E-state index in [-0.39, 0.29) is 146 Å². The smallest absolute Gasteiger partial charge is 0.477 e. The second kappa shape index (κ2) is 46.5. The van der Waals surface area contributed by atoms with Crippen molar-refractivity contribution >= 4 is 5.97 Å². The fraction of sp³-hybridized carbons (Fsp3) is 0.0991. The number of pyridine rings is 12. The molecular weight excluding hydrogens is 2550 g/mol. The summed E-state index contributed by atoms with van der Waals surface area (Å²) < 4.78 is 150. The minimum atomic E-state index is -4.59. The molecule has 6 aromatic carbocycles. The maximum absolute atomic E-state index is 14.7. The maximum atomic E-state index is 14.7. The van der Waals surface area contributed by atoms with Crippen LogP contribution in [0.4, 0.5) is 48.3 Å². The number of aromatic nitrogens is 14. The summed E-state index contributed by atoms with van der Waals surface area (Å²) in [7, 11) is 0. The Morgan fingerprint density at radius 3 is 0.880 bits per heavy atom. The molecule has 0 aliphatic carbocycles. The summed E-state index contributed by atoms with van der Waals surface area (Å²) in [6.45, 7) is 11.6. The van der Waals surface area contributed by atoms with Gasteiger partial charge in [0.15, 0.2) is 0 Å². The summed E-state index contributed by atoms with van der Waals surface area (Å²) in [6.07, 6.45) is -2.18. The van der Waals surface area contributed by atoms with E-state index in [0.717, 1.165) is 91.2 Å². The fourth-order valence-corrected chi connectivity index (χ4v) is 15.3. The average Bonchev–Trinajstić information content (AvgIpc) is 0.764. The topological polar surface area (TPSA) is 210 Å². The van der Waals surface area contributed by atoms with Gasteiger partial charge in [-0.3, -0.25) is 40.0 Å². The van der Waals surface area contributed by atoms with Crippen LogP contribution in [0.1, 0.15) is 114 Å². The summed E-state index contributed by atoms with van der Waals surface area (Å²) >= 11 is 0. The Kier molecular flexibility index (Phi) is 34.9. The number of alkyl halides is 3. The molecular formula is C111H74F11N14O2Pt4-. The first-order valence-corrected chi connectivity index (χ1v) is 42.7. The van der Waals surface area contributed by atoms with Crippen molar-refractivity contribution in [3.8, 4) is 95.6 Å². The van der Waals surface area contributed by atoms with E-state index in [0.29, 0.717) is 34.2 Å². The van der Waals surface area contributed by atoms with E-state index in [1.165, 1.54) is 29.3 Å². The standard InChI is InChI=1S/C37H28N2.C33H18F4N4.C22H14F5N5.C19H14F2N3O2.4Pt/c1-37(2,35-17-9-15-33(38-35)31-23-19-29(20-24-31)27-11-5-3-6-12-27)36-18-10-16-34(39-36)32-25-21-30(22-26-32)28-13-7-4-8-14-28;34-29-19-17-23(31(36)40-29)25-13-7-15-27(38-25)33(21-9-3-1-4-10-21,22-11-5-2-6-12-22)28-16-8-14-26(39-28)24-18-20-30(35)41-32(24)37;1-21(2,15-6-3-5-14(28-15)13-9-10-18(23)30-20(13)24)16-7-4-8-19(29-16)32-12-11-17(31-32)22(25,26)27;1-19(2,15-8-4-6-13(23-15)18(25)26)14-7-3-5-12(22-14)11-9-10-16(20)24-17(11)21;;;;/h3-23,25H,1-2H3;1-16,19-20H;3-8,10-11H,1-2H3;3-8,10H,1-2H3,(H,25,26);;;;/q3*-2;-1;;3*+2. The molecule has 19 aromatic rings. The molecule has 0 atom stereocenters. The molecule has 0 amide bonds. The number of carbonyl (C=O) groups is 1. The van der Waals surface area contributed by atoms with Gasteiger partial charge in [-0.25, -0.2) is 44.9 Å². The van der Waals surface area contributed by atoms with Crippen LogP contribution in [0.3, 0.4) is 0 Å². The molecule has 16 nitrogen and oxygen atoms in total. The van der Waals surface area contributed by atoms with Gasteiger partial charge in [0.2, 0.25) is 0 Å². The minimum Gasteiger partial charge on any atom is -0.477 e. The molecule has 13 aromatic heterocycles. The third kappa shape index (κ3) is 24.1. The first-order valence-electron chi connectivity index (χ1n) is 42.7. The van der Waals surface area contributed by atoms with Crippen LogP contribution in [0.15, 0.2) is 334 Å². The molecule has 0 radical (unpaired) electrons. The van der Waals surface area contributed by atoms with Gasteiger partial charge in [-0.1, -0.05) is 287 Å². The Balaban J connectivity index is 0.000000170. The number of carboxylic acid groups (broad SMARTS) is 1. The maximum Gasteiger partial charge on any atom is 2.00 e. The van der Waals surface area contributed by atoms with Crippen molar-refractivity contribution in [2.24, 2.45) is 0 Å². The second-order valence-electron chi connectivity index (χ2n) is 32.7. The fourth-order valence-electron chi connectivity index (χ4n) is 15.3. The van der Waals surface area contributed by atoms with Crippen LogP contribution in [0.25, 0.3) is 95.6 Å². The van der Waals surface area contributed by atoms with Crippen molar-refractivity contribution in [1.29, 1.82) is 0 Å². The molecule has 0 bridgehead atoms. The largest absolute Gasteiger partial charge is 2.00 e. The molecule has 0 unspecified atom stereocenters. The van der Waals surface area contributed by atoms with Gasteiger partial charge in [0, 0.05) is 65.8 Å². The Bertz CT molecular complexity index is 7330. The van der Waals surface area contributed by atoms with Crippen LogP contribution in [-0.2, 0) is 112 Å². The average molecular weight is 2630 g/mol. The summed E-state index contributed by atoms with van der Waals surface area (Å²) in [4.78, 5) is 61.4. The van der Waals surface area contributed by atoms with Crippen molar-refractivity contribution in [2.75, 3.05) is 0 Å². The number of halogens is 11. The number of hydrogen-bond acceptors (Lipinski definition) is 14. The van der Waals surface area contributed by atoms with Crippen LogP contribution in [0.5, 0.6) is 0 Å². The molecule has 0 saturated carbocycles. The molecule has 13 heterocycles. The van der Waals surface area contributed by atoms with E-state index >= 15 is 0 Å². The van der Waals surface area contributed by atoms with Crippen LogP contribution < -0.4 is 0 Å². The molecule has 19 rings (SSSR count). The Morgan fingerprint density at radius 2 is 0.570 bits per heavy atom. The molecule has 0 aliphatic heterocycles. The van der Waals surface area contributed by atoms with Crippen molar-refractivity contribution in [3.63, 3.8) is 0 Å². The van der Waals surface area contributed by atoms with E-state index in [2.05, 4.69) is 198 Å². The van der Waals surface area contributed by atoms with Gasteiger partial charge in [0.25, 0.3) is 0 Å². The van der Waals surface area contributed by atoms with E-state index in [4.69, 9.17) is 25.0 Å². The van der Waals surface area contributed by atoms with Crippen LogP contribution >= 0.6 is 0 Å². The van der Waals surface area contributed by atoms with Gasteiger partial charge in [-0.2, -0.15) is 13.2 Å². The summed E-state index contributed by atoms with van der Waals surface area (Å²) in [5.74, 6) is -9.06. The van der Waals surface area contributed by atoms with E-state index in [9.17, 15) is 53.1 Å². The predicted octanol–water partition coefficient (Wildman–Crippen LogP) is 24.8. The van der Waals surface area contributed by atoms with E-state index < -0.39 is 81.7 Å². The monoisotopic (exact) mass is 2620 g/mol. The van der Waals surface area contributed by atoms with Crippen LogP contribution in [-0.4, -0.2) is 80.7 Å². The van der Waals surface area contributed by atoms with Crippen molar-refractivity contribution < 1.29 is 142 Å². The van der Waals surface area contributed by atoms with Crippen molar-refractivity contribution in [3.05, 3.63) is 492 Å². The zero-order valence-corrected chi connectivity index (χ0v) is 84.4. The van der Waals surface area contributed by atoms with Gasteiger partial charge >= 0.3 is 75.3 Å². The number of benzene rings is 6. The number of aromatic carboxylic acids is 1. The van der Waals surface area contributed by atoms with Crippen molar-refractivity contribution in [1.82, 2.24) is 69.6 Å². The molecule has 0 saturated heterocycles. The Morgan fingerprint density at radius 1 is 0.282 bits per heavy atom. The summed E-state index contributed by atoms with van der Waals surface area (Å²) in [5, 5.41) is 12.6. The van der Waals surface area contributed by atoms with Gasteiger partial charge in [-0.05, 0) is 141 Å². The minimum absolute atomic E-state index is 0. The molecule has 31 heteroatoms. The first-order chi connectivity index (χ1) is 66.4. The normalized spacial score (nSPS) is 11.2. The number of rotatable bonds is 20. The molecule has 0 spiro atoms. The number of nitrogens with zero attached hydrogens (tertiary/aromatic N) is 14. The quantitative estimate of drug-likeness (QED) is 0.0427.